The number of anilines is 1. The Labute approximate surface area is 156 Å². The summed E-state index contributed by atoms with van der Waals surface area (Å²) in [6.07, 6.45) is 0. The van der Waals surface area contributed by atoms with Gasteiger partial charge in [0, 0.05) is 10.6 Å². The number of nitrogens with one attached hydrogen (secondary N) is 1. The monoisotopic (exact) mass is 398 g/mol. The van der Waals surface area contributed by atoms with Crippen molar-refractivity contribution in [2.24, 2.45) is 0 Å². The number of amides is 1. The highest BCUT2D eigenvalue weighted by molar-refractivity contribution is 7.22. The fourth-order valence-electron chi connectivity index (χ4n) is 2.23. The second-order valence-corrected chi connectivity index (χ2v) is 6.53. The summed E-state index contributed by atoms with van der Waals surface area (Å²) in [6, 6.07) is 9.22. The summed E-state index contributed by atoms with van der Waals surface area (Å²) >= 11 is 7.22. The van der Waals surface area contributed by atoms with E-state index in [1.165, 1.54) is 29.5 Å². The quantitative estimate of drug-likeness (QED) is 0.619. The van der Waals surface area contributed by atoms with Crippen LogP contribution in [0, 0.1) is 0 Å². The third-order valence-corrected chi connectivity index (χ3v) is 4.46. The molecule has 2 aromatic carbocycles. The minimum atomic E-state index is -2.98. The number of carbonyl (C=O) groups excluding carboxylic acids is 1. The van der Waals surface area contributed by atoms with Crippen molar-refractivity contribution in [3.8, 4) is 11.5 Å². The predicted octanol–water partition coefficient (Wildman–Crippen LogP) is 5.20. The summed E-state index contributed by atoms with van der Waals surface area (Å²) in [5.74, 6) is -0.510. The van der Waals surface area contributed by atoms with Gasteiger partial charge in [0.15, 0.2) is 16.6 Å². The SMILES string of the molecule is CCOc1cc(C(=O)Nc2nc3ccc(Cl)cc3s2)ccc1OC(F)F. The van der Waals surface area contributed by atoms with E-state index >= 15 is 0 Å². The van der Waals surface area contributed by atoms with Gasteiger partial charge in [0.1, 0.15) is 0 Å². The molecule has 1 heterocycles. The average molecular weight is 399 g/mol. The van der Waals surface area contributed by atoms with Crippen molar-refractivity contribution in [3.63, 3.8) is 0 Å². The van der Waals surface area contributed by atoms with Crippen LogP contribution >= 0.6 is 22.9 Å². The van der Waals surface area contributed by atoms with Crippen LogP contribution in [0.1, 0.15) is 17.3 Å². The number of thiazole rings is 1. The maximum Gasteiger partial charge on any atom is 0.387 e. The van der Waals surface area contributed by atoms with Crippen molar-refractivity contribution >= 4 is 44.2 Å². The van der Waals surface area contributed by atoms with Gasteiger partial charge in [0.05, 0.1) is 16.8 Å². The summed E-state index contributed by atoms with van der Waals surface area (Å²) in [5.41, 5.74) is 0.942. The third-order valence-electron chi connectivity index (χ3n) is 3.29. The molecule has 0 fully saturated rings. The molecule has 3 aromatic rings. The lowest BCUT2D eigenvalue weighted by atomic mass is 10.2. The summed E-state index contributed by atoms with van der Waals surface area (Å²) in [5, 5.41) is 3.66. The van der Waals surface area contributed by atoms with Gasteiger partial charge in [-0.25, -0.2) is 4.98 Å². The van der Waals surface area contributed by atoms with Crippen molar-refractivity contribution in [2.45, 2.75) is 13.5 Å². The first-order chi connectivity index (χ1) is 12.5. The second-order valence-electron chi connectivity index (χ2n) is 5.06. The lowest BCUT2D eigenvalue weighted by Gasteiger charge is -2.12. The zero-order valence-corrected chi connectivity index (χ0v) is 15.0. The molecule has 136 valence electrons. The molecule has 0 aliphatic heterocycles. The van der Waals surface area contributed by atoms with Gasteiger partial charge in [0.25, 0.3) is 5.91 Å². The minimum Gasteiger partial charge on any atom is -0.490 e. The summed E-state index contributed by atoms with van der Waals surface area (Å²) in [4.78, 5) is 16.7. The van der Waals surface area contributed by atoms with Crippen LogP contribution in [-0.2, 0) is 0 Å². The summed E-state index contributed by atoms with van der Waals surface area (Å²) in [7, 11) is 0. The van der Waals surface area contributed by atoms with E-state index in [0.29, 0.717) is 15.7 Å². The minimum absolute atomic E-state index is 0.0662. The van der Waals surface area contributed by atoms with Crippen LogP contribution in [-0.4, -0.2) is 24.1 Å². The Morgan fingerprint density at radius 3 is 2.81 bits per heavy atom. The van der Waals surface area contributed by atoms with E-state index in [0.717, 1.165) is 4.70 Å². The van der Waals surface area contributed by atoms with E-state index in [9.17, 15) is 13.6 Å². The number of hydrogen-bond acceptors (Lipinski definition) is 5. The van der Waals surface area contributed by atoms with Gasteiger partial charge >= 0.3 is 6.61 Å². The fraction of sp³-hybridized carbons (Fsp3) is 0.176. The van der Waals surface area contributed by atoms with Crippen LogP contribution in [0.15, 0.2) is 36.4 Å². The highest BCUT2D eigenvalue weighted by Gasteiger charge is 2.16. The number of nitrogens with zero attached hydrogens (tertiary/aromatic N) is 1. The van der Waals surface area contributed by atoms with Crippen molar-refractivity contribution < 1.29 is 23.0 Å². The maximum absolute atomic E-state index is 12.4. The Bertz CT molecular complexity index is 949. The molecule has 0 aliphatic carbocycles. The van der Waals surface area contributed by atoms with Crippen molar-refractivity contribution in [1.29, 1.82) is 0 Å². The van der Waals surface area contributed by atoms with Crippen LogP contribution in [0.5, 0.6) is 11.5 Å². The van der Waals surface area contributed by atoms with E-state index in [1.807, 2.05) is 0 Å². The van der Waals surface area contributed by atoms with E-state index < -0.39 is 12.5 Å². The number of benzene rings is 2. The molecule has 1 N–H and O–H groups in total. The number of rotatable bonds is 6. The Hall–Kier alpha value is -2.45. The zero-order chi connectivity index (χ0) is 18.7. The number of hydrogen-bond donors (Lipinski definition) is 1. The molecule has 1 amide bonds. The molecule has 0 radical (unpaired) electrons. The smallest absolute Gasteiger partial charge is 0.387 e. The molecule has 1 aromatic heterocycles. The molecular formula is C17H13ClF2N2O3S. The Morgan fingerprint density at radius 1 is 1.27 bits per heavy atom. The van der Waals surface area contributed by atoms with Gasteiger partial charge in [0.2, 0.25) is 0 Å². The number of fused-ring (bicyclic) bond motifs is 1. The van der Waals surface area contributed by atoms with Gasteiger partial charge in [-0.3, -0.25) is 10.1 Å². The van der Waals surface area contributed by atoms with Gasteiger partial charge in [-0.05, 0) is 43.3 Å². The lowest BCUT2D eigenvalue weighted by Crippen LogP contribution is -2.12. The second kappa shape index (κ2) is 7.84. The first kappa shape index (κ1) is 18.3. The Morgan fingerprint density at radius 2 is 2.08 bits per heavy atom. The normalized spacial score (nSPS) is 11.0. The largest absolute Gasteiger partial charge is 0.490 e. The number of alkyl halides is 2. The van der Waals surface area contributed by atoms with Crippen molar-refractivity contribution in [2.75, 3.05) is 11.9 Å². The number of ether oxygens (including phenoxy) is 2. The van der Waals surface area contributed by atoms with E-state index in [2.05, 4.69) is 15.0 Å². The molecule has 0 atom stereocenters. The Kier molecular flexibility index (Phi) is 5.53. The average Bonchev–Trinajstić information content (AvgIpc) is 2.97. The molecule has 3 rings (SSSR count). The fourth-order valence-corrected chi connectivity index (χ4v) is 3.37. The predicted molar refractivity (Wildman–Crippen MR) is 96.8 cm³/mol. The first-order valence-electron chi connectivity index (χ1n) is 7.55. The highest BCUT2D eigenvalue weighted by Crippen LogP contribution is 2.31. The van der Waals surface area contributed by atoms with E-state index in [4.69, 9.17) is 16.3 Å². The molecule has 0 bridgehead atoms. The molecule has 26 heavy (non-hydrogen) atoms. The molecular weight excluding hydrogens is 386 g/mol. The molecule has 0 spiro atoms. The molecule has 5 nitrogen and oxygen atoms in total. The van der Waals surface area contributed by atoms with Gasteiger partial charge in [-0.15, -0.1) is 0 Å². The third kappa shape index (κ3) is 4.20. The zero-order valence-electron chi connectivity index (χ0n) is 13.5. The van der Waals surface area contributed by atoms with Crippen molar-refractivity contribution in [1.82, 2.24) is 4.98 Å². The number of halogens is 3. The molecule has 9 heteroatoms. The van der Waals surface area contributed by atoms with E-state index in [1.54, 1.807) is 25.1 Å². The molecule has 0 aliphatic rings. The number of aromatic nitrogens is 1. The first-order valence-corrected chi connectivity index (χ1v) is 8.75. The Balaban J connectivity index is 1.82. The molecule has 0 saturated heterocycles. The van der Waals surface area contributed by atoms with Crippen LogP contribution in [0.4, 0.5) is 13.9 Å². The van der Waals surface area contributed by atoms with Crippen LogP contribution in [0.25, 0.3) is 10.2 Å². The molecule has 0 unspecified atom stereocenters. The number of carbonyl (C=O) groups is 1. The standard InChI is InChI=1S/C17H13ClF2N2O3S/c1-2-24-13-7-9(3-6-12(13)25-16(19)20)15(23)22-17-21-11-5-4-10(18)8-14(11)26-17/h3-8,16H,2H2,1H3,(H,21,22,23). The van der Waals surface area contributed by atoms with E-state index in [-0.39, 0.29) is 23.7 Å². The summed E-state index contributed by atoms with van der Waals surface area (Å²) < 4.78 is 35.4. The van der Waals surface area contributed by atoms with Gasteiger partial charge in [-0.2, -0.15) is 8.78 Å². The molecule has 0 saturated carbocycles. The highest BCUT2D eigenvalue weighted by atomic mass is 35.5. The summed E-state index contributed by atoms with van der Waals surface area (Å²) in [6.45, 7) is -1.04. The van der Waals surface area contributed by atoms with Crippen LogP contribution in [0.3, 0.4) is 0 Å². The maximum atomic E-state index is 12.4. The van der Waals surface area contributed by atoms with Crippen molar-refractivity contribution in [3.05, 3.63) is 47.0 Å². The lowest BCUT2D eigenvalue weighted by molar-refractivity contribution is -0.0514. The van der Waals surface area contributed by atoms with Gasteiger partial charge in [-0.1, -0.05) is 22.9 Å². The van der Waals surface area contributed by atoms with Crippen LogP contribution in [0.2, 0.25) is 5.02 Å². The van der Waals surface area contributed by atoms with Crippen LogP contribution < -0.4 is 14.8 Å². The topological polar surface area (TPSA) is 60.5 Å². The van der Waals surface area contributed by atoms with Gasteiger partial charge < -0.3 is 9.47 Å².